The van der Waals surface area contributed by atoms with E-state index in [1.807, 2.05) is 54.9 Å². The lowest BCUT2D eigenvalue weighted by molar-refractivity contribution is 0.0882. The second-order valence-electron chi connectivity index (χ2n) is 7.77. The van der Waals surface area contributed by atoms with Crippen molar-refractivity contribution in [1.29, 1.82) is 0 Å². The molecule has 0 saturated carbocycles. The number of rotatable bonds is 7. The third-order valence-corrected chi connectivity index (χ3v) is 6.51. The van der Waals surface area contributed by atoms with E-state index in [9.17, 15) is 0 Å². The fourth-order valence-electron chi connectivity index (χ4n) is 2.75. The van der Waals surface area contributed by atoms with Crippen molar-refractivity contribution in [2.24, 2.45) is 0 Å². The Bertz CT molecular complexity index is 884. The molecular weight excluding hydrogens is 395 g/mol. The Labute approximate surface area is 171 Å². The highest BCUT2D eigenvalue weighted by molar-refractivity contribution is 6.76. The van der Waals surface area contributed by atoms with Gasteiger partial charge in [0.2, 0.25) is 0 Å². The number of nitrogens with zero attached hydrogens (tertiary/aromatic N) is 2. The predicted octanol–water partition coefficient (Wildman–Crippen LogP) is 6.84. The summed E-state index contributed by atoms with van der Waals surface area (Å²) < 4.78 is 8.01. The van der Waals surface area contributed by atoms with Crippen LogP contribution in [-0.4, -0.2) is 24.2 Å². The van der Waals surface area contributed by atoms with Crippen LogP contribution in [0.25, 0.3) is 22.5 Å². The Balaban J connectivity index is 1.91. The molecule has 0 bridgehead atoms. The maximum absolute atomic E-state index is 6.07. The van der Waals surface area contributed by atoms with Gasteiger partial charge in [-0.1, -0.05) is 67.1 Å². The Hall–Kier alpha value is -1.59. The van der Waals surface area contributed by atoms with Gasteiger partial charge in [-0.3, -0.25) is 0 Å². The first-order valence-electron chi connectivity index (χ1n) is 8.98. The second-order valence-corrected chi connectivity index (χ2v) is 14.3. The van der Waals surface area contributed by atoms with E-state index in [0.717, 1.165) is 35.2 Å². The molecular formula is C21H24Cl2N2OSi. The molecule has 2 aromatic carbocycles. The fourth-order valence-corrected chi connectivity index (χ4v) is 3.76. The van der Waals surface area contributed by atoms with Crippen LogP contribution in [0.1, 0.15) is 0 Å². The molecule has 142 valence electrons. The zero-order valence-corrected chi connectivity index (χ0v) is 18.4. The molecule has 0 amide bonds. The van der Waals surface area contributed by atoms with Crippen molar-refractivity contribution in [3.05, 3.63) is 64.9 Å². The summed E-state index contributed by atoms with van der Waals surface area (Å²) in [6.07, 6.45) is 1.84. The summed E-state index contributed by atoms with van der Waals surface area (Å²) in [6, 6.07) is 16.7. The van der Waals surface area contributed by atoms with Gasteiger partial charge in [0, 0.05) is 35.9 Å². The van der Waals surface area contributed by atoms with Gasteiger partial charge in [-0.05, 0) is 30.3 Å². The van der Waals surface area contributed by atoms with Crippen LogP contribution in [0.5, 0.6) is 0 Å². The lowest BCUT2D eigenvalue weighted by Gasteiger charge is -2.16. The molecule has 0 fully saturated rings. The first kappa shape index (κ1) is 20.1. The number of halogens is 2. The van der Waals surface area contributed by atoms with E-state index in [1.54, 1.807) is 0 Å². The summed E-state index contributed by atoms with van der Waals surface area (Å²) in [4.78, 5) is 4.66. The third-order valence-electron chi connectivity index (χ3n) is 4.30. The standard InChI is InChI=1S/C21H24Cl2N2OSi/c1-27(2,3)13-12-26-15-25-14-24-20(16-4-8-18(22)9-5-16)21(25)17-6-10-19(23)11-7-17/h4-11,14H,12-13,15H2,1-3H3. The SMILES string of the molecule is C[Si](C)(C)CCOCn1cnc(-c2ccc(Cl)cc2)c1-c1ccc(Cl)cc1. The molecule has 0 radical (unpaired) electrons. The average Bonchev–Trinajstić information content (AvgIpc) is 3.03. The Morgan fingerprint density at radius 2 is 1.44 bits per heavy atom. The largest absolute Gasteiger partial charge is 0.361 e. The Kier molecular flexibility index (Phi) is 6.43. The van der Waals surface area contributed by atoms with Gasteiger partial charge in [-0.15, -0.1) is 0 Å². The van der Waals surface area contributed by atoms with Gasteiger partial charge < -0.3 is 9.30 Å². The van der Waals surface area contributed by atoms with Gasteiger partial charge in [0.25, 0.3) is 0 Å². The van der Waals surface area contributed by atoms with E-state index >= 15 is 0 Å². The van der Waals surface area contributed by atoms with Gasteiger partial charge in [0.15, 0.2) is 0 Å². The number of aromatic nitrogens is 2. The molecule has 27 heavy (non-hydrogen) atoms. The average molecular weight is 419 g/mol. The van der Waals surface area contributed by atoms with Crippen molar-refractivity contribution < 1.29 is 4.74 Å². The Morgan fingerprint density at radius 3 is 2.00 bits per heavy atom. The molecule has 0 aliphatic heterocycles. The third kappa shape index (κ3) is 5.45. The number of ether oxygens (including phenoxy) is 1. The van der Waals surface area contributed by atoms with Crippen molar-refractivity contribution in [2.75, 3.05) is 6.61 Å². The van der Waals surface area contributed by atoms with Crippen LogP contribution in [0.15, 0.2) is 54.9 Å². The second kappa shape index (κ2) is 8.61. The predicted molar refractivity (Wildman–Crippen MR) is 117 cm³/mol. The van der Waals surface area contributed by atoms with Crippen molar-refractivity contribution in [3.63, 3.8) is 0 Å². The van der Waals surface area contributed by atoms with Gasteiger partial charge in [-0.2, -0.15) is 0 Å². The highest BCUT2D eigenvalue weighted by Crippen LogP contribution is 2.32. The van der Waals surface area contributed by atoms with Crippen LogP contribution in [0.3, 0.4) is 0 Å². The molecule has 0 atom stereocenters. The molecule has 0 unspecified atom stereocenters. The molecule has 3 nitrogen and oxygen atoms in total. The van der Waals surface area contributed by atoms with Crippen LogP contribution in [0.4, 0.5) is 0 Å². The van der Waals surface area contributed by atoms with Crippen LogP contribution in [0.2, 0.25) is 35.7 Å². The van der Waals surface area contributed by atoms with Crippen LogP contribution < -0.4 is 0 Å². The van der Waals surface area contributed by atoms with Crippen LogP contribution >= 0.6 is 23.2 Å². The lowest BCUT2D eigenvalue weighted by Crippen LogP contribution is -2.22. The van der Waals surface area contributed by atoms with E-state index in [0.29, 0.717) is 16.8 Å². The van der Waals surface area contributed by atoms with Gasteiger partial charge in [0.05, 0.1) is 17.7 Å². The number of benzene rings is 2. The zero-order chi connectivity index (χ0) is 19.4. The summed E-state index contributed by atoms with van der Waals surface area (Å²) in [5, 5.41) is 1.42. The van der Waals surface area contributed by atoms with E-state index in [1.165, 1.54) is 0 Å². The van der Waals surface area contributed by atoms with E-state index < -0.39 is 8.07 Å². The summed E-state index contributed by atoms with van der Waals surface area (Å²) in [6.45, 7) is 8.30. The summed E-state index contributed by atoms with van der Waals surface area (Å²) in [5.41, 5.74) is 3.99. The van der Waals surface area contributed by atoms with Crippen LogP contribution in [0, 0.1) is 0 Å². The Morgan fingerprint density at radius 1 is 0.889 bits per heavy atom. The van der Waals surface area contributed by atoms with Crippen molar-refractivity contribution in [2.45, 2.75) is 32.4 Å². The highest BCUT2D eigenvalue weighted by Gasteiger charge is 2.16. The number of hydrogen-bond acceptors (Lipinski definition) is 2. The molecule has 0 aliphatic carbocycles. The smallest absolute Gasteiger partial charge is 0.124 e. The first-order chi connectivity index (χ1) is 12.8. The summed E-state index contributed by atoms with van der Waals surface area (Å²) in [7, 11) is -1.11. The molecule has 0 spiro atoms. The van der Waals surface area contributed by atoms with E-state index in [-0.39, 0.29) is 0 Å². The topological polar surface area (TPSA) is 27.1 Å². The zero-order valence-electron chi connectivity index (χ0n) is 15.9. The molecule has 0 N–H and O–H groups in total. The molecule has 1 heterocycles. The minimum atomic E-state index is -1.11. The molecule has 1 aromatic heterocycles. The molecule has 3 aromatic rings. The normalized spacial score (nSPS) is 11.7. The minimum Gasteiger partial charge on any atom is -0.361 e. The van der Waals surface area contributed by atoms with Gasteiger partial charge in [0.1, 0.15) is 6.73 Å². The monoisotopic (exact) mass is 418 g/mol. The molecule has 6 heteroatoms. The quantitative estimate of drug-likeness (QED) is 0.310. The van der Waals surface area contributed by atoms with Crippen molar-refractivity contribution in [1.82, 2.24) is 9.55 Å². The fraction of sp³-hybridized carbons (Fsp3) is 0.286. The van der Waals surface area contributed by atoms with Crippen molar-refractivity contribution >= 4 is 31.3 Å². The first-order valence-corrected chi connectivity index (χ1v) is 13.4. The summed E-state index contributed by atoms with van der Waals surface area (Å²) >= 11 is 12.1. The van der Waals surface area contributed by atoms with E-state index in [2.05, 4.69) is 29.2 Å². The summed E-state index contributed by atoms with van der Waals surface area (Å²) in [5.74, 6) is 0. The van der Waals surface area contributed by atoms with Crippen molar-refractivity contribution in [3.8, 4) is 22.5 Å². The van der Waals surface area contributed by atoms with Gasteiger partial charge >= 0.3 is 0 Å². The van der Waals surface area contributed by atoms with E-state index in [4.69, 9.17) is 27.9 Å². The molecule has 0 saturated heterocycles. The highest BCUT2D eigenvalue weighted by atomic mass is 35.5. The molecule has 3 rings (SSSR count). The number of hydrogen-bond donors (Lipinski definition) is 0. The van der Waals surface area contributed by atoms with Gasteiger partial charge in [-0.25, -0.2) is 4.98 Å². The van der Waals surface area contributed by atoms with Crippen LogP contribution in [-0.2, 0) is 11.5 Å². The lowest BCUT2D eigenvalue weighted by atomic mass is 10.0. The number of imidazole rings is 1. The maximum Gasteiger partial charge on any atom is 0.124 e. The molecule has 0 aliphatic rings. The minimum absolute atomic E-state index is 0.475. The maximum atomic E-state index is 6.07.